The zero-order chi connectivity index (χ0) is 13.1. The van der Waals surface area contributed by atoms with Crippen LogP contribution in [0.15, 0.2) is 6.07 Å². The molecule has 1 rings (SSSR count). The second-order valence-electron chi connectivity index (χ2n) is 4.10. The van der Waals surface area contributed by atoms with Crippen LogP contribution in [-0.4, -0.2) is 29.0 Å². The molecular weight excluding hydrogens is 281 g/mol. The molecule has 1 heterocycles. The molecule has 17 heavy (non-hydrogen) atoms. The van der Waals surface area contributed by atoms with Crippen molar-refractivity contribution >= 4 is 34.5 Å². The molecule has 3 nitrogen and oxygen atoms in total. The first-order valence-corrected chi connectivity index (χ1v) is 6.99. The first kappa shape index (κ1) is 15.2. The van der Waals surface area contributed by atoms with E-state index in [4.69, 9.17) is 23.2 Å². The predicted molar refractivity (Wildman–Crippen MR) is 73.1 cm³/mol. The summed E-state index contributed by atoms with van der Waals surface area (Å²) < 4.78 is 1.27. The third-order valence-corrected chi connectivity index (χ3v) is 4.47. The molecule has 98 valence electrons. The van der Waals surface area contributed by atoms with Crippen LogP contribution in [0, 0.1) is 0 Å². The summed E-state index contributed by atoms with van der Waals surface area (Å²) in [5, 5.41) is 21.9. The average molecular weight is 298 g/mol. The lowest BCUT2D eigenvalue weighted by Crippen LogP contribution is -2.52. The van der Waals surface area contributed by atoms with Crippen molar-refractivity contribution in [3.8, 4) is 0 Å². The van der Waals surface area contributed by atoms with Gasteiger partial charge in [0, 0.05) is 6.04 Å². The van der Waals surface area contributed by atoms with Gasteiger partial charge in [0.15, 0.2) is 0 Å². The molecule has 0 amide bonds. The third-order valence-electron chi connectivity index (χ3n) is 2.95. The maximum atomic E-state index is 9.37. The fraction of sp³-hybridized carbons (Fsp3) is 0.636. The Morgan fingerprint density at radius 1 is 1.41 bits per heavy atom. The molecule has 3 N–H and O–H groups in total. The van der Waals surface area contributed by atoms with Crippen molar-refractivity contribution in [2.24, 2.45) is 0 Å². The van der Waals surface area contributed by atoms with Gasteiger partial charge in [-0.1, -0.05) is 30.1 Å². The first-order valence-electron chi connectivity index (χ1n) is 5.42. The summed E-state index contributed by atoms with van der Waals surface area (Å²) in [6.07, 6.45) is 0.625. The van der Waals surface area contributed by atoms with Gasteiger partial charge >= 0.3 is 0 Å². The largest absolute Gasteiger partial charge is 0.394 e. The summed E-state index contributed by atoms with van der Waals surface area (Å²) in [5.74, 6) is 0. The topological polar surface area (TPSA) is 52.5 Å². The lowest BCUT2D eigenvalue weighted by Gasteiger charge is -2.33. The van der Waals surface area contributed by atoms with Gasteiger partial charge in [0.25, 0.3) is 0 Å². The van der Waals surface area contributed by atoms with Crippen LogP contribution in [0.2, 0.25) is 8.67 Å². The molecule has 1 atom stereocenters. The Kier molecular flexibility index (Phi) is 5.70. The minimum absolute atomic E-state index is 0.0782. The van der Waals surface area contributed by atoms with Crippen molar-refractivity contribution in [1.29, 1.82) is 0 Å². The fourth-order valence-corrected chi connectivity index (χ4v) is 3.30. The Morgan fingerprint density at radius 2 is 2.00 bits per heavy atom. The van der Waals surface area contributed by atoms with E-state index in [1.807, 2.05) is 13.8 Å². The normalized spacial score (nSPS) is 14.0. The molecule has 0 aliphatic rings. The van der Waals surface area contributed by atoms with Gasteiger partial charge in [-0.15, -0.1) is 11.3 Å². The Balaban J connectivity index is 2.84. The Bertz CT molecular complexity index is 358. The number of nitrogens with one attached hydrogen (secondary N) is 1. The van der Waals surface area contributed by atoms with Crippen LogP contribution in [0.5, 0.6) is 0 Å². The summed E-state index contributed by atoms with van der Waals surface area (Å²) in [6.45, 7) is 3.59. The van der Waals surface area contributed by atoms with Crippen molar-refractivity contribution in [2.75, 3.05) is 13.2 Å². The lowest BCUT2D eigenvalue weighted by molar-refractivity contribution is 0.0793. The lowest BCUT2D eigenvalue weighted by atomic mass is 9.96. The predicted octanol–water partition coefficient (Wildman–Crippen LogP) is 2.84. The molecule has 0 aromatic carbocycles. The van der Waals surface area contributed by atoms with E-state index in [1.165, 1.54) is 11.3 Å². The van der Waals surface area contributed by atoms with E-state index in [1.54, 1.807) is 6.07 Å². The van der Waals surface area contributed by atoms with Crippen LogP contribution in [0.4, 0.5) is 0 Å². The van der Waals surface area contributed by atoms with E-state index in [0.717, 1.165) is 5.56 Å². The number of rotatable bonds is 6. The van der Waals surface area contributed by atoms with Crippen LogP contribution in [0.25, 0.3) is 0 Å². The van der Waals surface area contributed by atoms with E-state index in [0.29, 0.717) is 15.1 Å². The van der Waals surface area contributed by atoms with Gasteiger partial charge in [-0.2, -0.15) is 0 Å². The molecule has 1 aromatic heterocycles. The molecule has 1 unspecified atom stereocenters. The smallest absolute Gasteiger partial charge is 0.0991 e. The van der Waals surface area contributed by atoms with Crippen molar-refractivity contribution in [3.05, 3.63) is 20.3 Å². The molecule has 0 bridgehead atoms. The van der Waals surface area contributed by atoms with Gasteiger partial charge in [-0.3, -0.25) is 0 Å². The molecule has 6 heteroatoms. The van der Waals surface area contributed by atoms with Crippen LogP contribution >= 0.6 is 34.5 Å². The number of aliphatic hydroxyl groups is 2. The zero-order valence-electron chi connectivity index (χ0n) is 9.83. The monoisotopic (exact) mass is 297 g/mol. The van der Waals surface area contributed by atoms with Gasteiger partial charge in [0.2, 0.25) is 0 Å². The summed E-state index contributed by atoms with van der Waals surface area (Å²) in [4.78, 5) is 0. The summed E-state index contributed by atoms with van der Waals surface area (Å²) in [7, 11) is 0. The highest BCUT2D eigenvalue weighted by atomic mass is 35.5. The second-order valence-corrected chi connectivity index (χ2v) is 6.38. The van der Waals surface area contributed by atoms with Crippen LogP contribution < -0.4 is 5.32 Å². The van der Waals surface area contributed by atoms with E-state index in [-0.39, 0.29) is 19.3 Å². The first-order chi connectivity index (χ1) is 7.98. The van der Waals surface area contributed by atoms with Crippen LogP contribution in [0.3, 0.4) is 0 Å². The Hall–Kier alpha value is 0.160. The van der Waals surface area contributed by atoms with Gasteiger partial charge in [-0.05, 0) is 25.0 Å². The second kappa shape index (κ2) is 6.36. The minimum Gasteiger partial charge on any atom is -0.394 e. The Morgan fingerprint density at radius 3 is 2.35 bits per heavy atom. The van der Waals surface area contributed by atoms with E-state index >= 15 is 0 Å². The molecule has 1 aromatic rings. The Labute approximate surface area is 115 Å². The molecule has 0 saturated heterocycles. The van der Waals surface area contributed by atoms with Crippen LogP contribution in [0.1, 0.15) is 31.9 Å². The standard InChI is InChI=1S/C11H17Cl2NO2S/c1-3-11(5-15,6-16)14-7(2)8-4-9(12)17-10(8)13/h4,7,14-16H,3,5-6H2,1-2H3. The zero-order valence-corrected chi connectivity index (χ0v) is 12.2. The van der Waals surface area contributed by atoms with Crippen molar-refractivity contribution < 1.29 is 10.2 Å². The highest BCUT2D eigenvalue weighted by molar-refractivity contribution is 7.20. The van der Waals surface area contributed by atoms with Crippen molar-refractivity contribution in [1.82, 2.24) is 5.32 Å². The summed E-state index contributed by atoms with van der Waals surface area (Å²) in [6, 6.07) is 1.73. The fourth-order valence-electron chi connectivity index (χ4n) is 1.65. The number of hydrogen-bond acceptors (Lipinski definition) is 4. The van der Waals surface area contributed by atoms with Gasteiger partial charge in [-0.25, -0.2) is 0 Å². The molecule has 0 radical (unpaired) electrons. The molecular formula is C11H17Cl2NO2S. The number of hydrogen-bond donors (Lipinski definition) is 3. The minimum atomic E-state index is -0.683. The maximum absolute atomic E-state index is 9.37. The average Bonchev–Trinajstić information content (AvgIpc) is 2.65. The van der Waals surface area contributed by atoms with E-state index in [9.17, 15) is 10.2 Å². The number of aliphatic hydroxyl groups excluding tert-OH is 2. The maximum Gasteiger partial charge on any atom is 0.0991 e. The number of halogens is 2. The summed E-state index contributed by atoms with van der Waals surface area (Å²) >= 11 is 13.3. The van der Waals surface area contributed by atoms with Gasteiger partial charge in [0.05, 0.1) is 27.4 Å². The highest BCUT2D eigenvalue weighted by Crippen LogP contribution is 2.35. The molecule has 0 spiro atoms. The van der Waals surface area contributed by atoms with E-state index in [2.05, 4.69) is 5.32 Å². The molecule has 0 fully saturated rings. The molecule has 0 saturated carbocycles. The van der Waals surface area contributed by atoms with Crippen molar-refractivity contribution in [2.45, 2.75) is 31.8 Å². The molecule has 0 aliphatic carbocycles. The molecule has 0 aliphatic heterocycles. The van der Waals surface area contributed by atoms with Crippen molar-refractivity contribution in [3.63, 3.8) is 0 Å². The SMILES string of the molecule is CCC(CO)(CO)NC(C)c1cc(Cl)sc1Cl. The quantitative estimate of drug-likeness (QED) is 0.757. The van der Waals surface area contributed by atoms with Gasteiger partial charge in [0.1, 0.15) is 0 Å². The summed E-state index contributed by atoms with van der Waals surface area (Å²) in [5.41, 5.74) is 0.207. The van der Waals surface area contributed by atoms with Gasteiger partial charge < -0.3 is 15.5 Å². The van der Waals surface area contributed by atoms with Crippen LogP contribution in [-0.2, 0) is 0 Å². The van der Waals surface area contributed by atoms with E-state index < -0.39 is 5.54 Å². The third kappa shape index (κ3) is 3.56. The highest BCUT2D eigenvalue weighted by Gasteiger charge is 2.29. The number of thiophene rings is 1.